The summed E-state index contributed by atoms with van der Waals surface area (Å²) >= 11 is 0. The molecule has 3 aromatic carbocycles. The monoisotopic (exact) mass is 276 g/mol. The maximum absolute atomic E-state index is 12.9. The van der Waals surface area contributed by atoms with Crippen LogP contribution in [-0.2, 0) is 0 Å². The van der Waals surface area contributed by atoms with Gasteiger partial charge in [0.15, 0.2) is 5.78 Å². The molecule has 0 saturated heterocycles. The maximum Gasteiger partial charge on any atom is 0.197 e. The van der Waals surface area contributed by atoms with Crippen molar-refractivity contribution in [2.75, 3.05) is 6.61 Å². The molecule has 0 unspecified atom stereocenters. The molecule has 2 nitrogen and oxygen atoms in total. The summed E-state index contributed by atoms with van der Waals surface area (Å²) in [6, 6.07) is 21.1. The van der Waals surface area contributed by atoms with Crippen LogP contribution in [0.3, 0.4) is 0 Å². The third kappa shape index (κ3) is 2.52. The molecule has 2 heteroatoms. The van der Waals surface area contributed by atoms with E-state index in [2.05, 4.69) is 0 Å². The molecular formula is C19H16O2. The molecule has 3 rings (SSSR count). The van der Waals surface area contributed by atoms with Crippen LogP contribution in [0, 0.1) is 0 Å². The van der Waals surface area contributed by atoms with Gasteiger partial charge < -0.3 is 4.74 Å². The van der Waals surface area contributed by atoms with E-state index in [0.717, 1.165) is 10.8 Å². The van der Waals surface area contributed by atoms with E-state index < -0.39 is 0 Å². The molecule has 21 heavy (non-hydrogen) atoms. The maximum atomic E-state index is 12.9. The van der Waals surface area contributed by atoms with E-state index in [1.165, 1.54) is 0 Å². The number of hydrogen-bond acceptors (Lipinski definition) is 2. The van der Waals surface area contributed by atoms with Crippen LogP contribution >= 0.6 is 0 Å². The number of benzene rings is 3. The van der Waals surface area contributed by atoms with Gasteiger partial charge in [0.25, 0.3) is 0 Å². The van der Waals surface area contributed by atoms with Crippen molar-refractivity contribution in [1.82, 2.24) is 0 Å². The zero-order valence-electron chi connectivity index (χ0n) is 11.9. The SMILES string of the molecule is CCOc1ccccc1C(=O)c1cccc2ccccc12. The molecule has 0 radical (unpaired) electrons. The quantitative estimate of drug-likeness (QED) is 0.657. The number of hydrogen-bond donors (Lipinski definition) is 0. The van der Waals surface area contributed by atoms with Gasteiger partial charge in [0.1, 0.15) is 5.75 Å². The van der Waals surface area contributed by atoms with Gasteiger partial charge in [-0.2, -0.15) is 0 Å². The highest BCUT2D eigenvalue weighted by Crippen LogP contribution is 2.26. The van der Waals surface area contributed by atoms with Crippen molar-refractivity contribution in [2.45, 2.75) is 6.92 Å². The molecule has 3 aromatic rings. The van der Waals surface area contributed by atoms with E-state index in [4.69, 9.17) is 4.74 Å². The number of para-hydroxylation sites is 1. The largest absolute Gasteiger partial charge is 0.493 e. The fourth-order valence-electron chi connectivity index (χ4n) is 2.50. The van der Waals surface area contributed by atoms with Crippen LogP contribution in [-0.4, -0.2) is 12.4 Å². The van der Waals surface area contributed by atoms with Crippen molar-refractivity contribution in [3.05, 3.63) is 77.9 Å². The van der Waals surface area contributed by atoms with Gasteiger partial charge >= 0.3 is 0 Å². The third-order valence-electron chi connectivity index (χ3n) is 3.47. The molecule has 0 aromatic heterocycles. The lowest BCUT2D eigenvalue weighted by Crippen LogP contribution is -2.05. The van der Waals surface area contributed by atoms with Crippen molar-refractivity contribution >= 4 is 16.6 Å². The van der Waals surface area contributed by atoms with Crippen LogP contribution in [0.25, 0.3) is 10.8 Å². The molecule has 0 bridgehead atoms. The summed E-state index contributed by atoms with van der Waals surface area (Å²) in [4.78, 5) is 12.9. The Bertz CT molecular complexity index is 785. The third-order valence-corrected chi connectivity index (χ3v) is 3.47. The number of rotatable bonds is 4. The molecule has 0 aliphatic rings. The molecule has 0 spiro atoms. The minimum Gasteiger partial charge on any atom is -0.493 e. The molecule has 104 valence electrons. The molecular weight excluding hydrogens is 260 g/mol. The minimum atomic E-state index is -0.00384. The van der Waals surface area contributed by atoms with Crippen LogP contribution in [0.15, 0.2) is 66.7 Å². The summed E-state index contributed by atoms with van der Waals surface area (Å²) in [6.45, 7) is 2.46. The zero-order valence-corrected chi connectivity index (χ0v) is 11.9. The fraction of sp³-hybridized carbons (Fsp3) is 0.105. The van der Waals surface area contributed by atoms with Crippen molar-refractivity contribution in [3.8, 4) is 5.75 Å². The van der Waals surface area contributed by atoms with Gasteiger partial charge in [-0.05, 0) is 29.8 Å². The Kier molecular flexibility index (Phi) is 3.69. The molecule has 0 N–H and O–H groups in total. The van der Waals surface area contributed by atoms with E-state index in [9.17, 15) is 4.79 Å². The molecule has 0 aliphatic carbocycles. The van der Waals surface area contributed by atoms with Crippen LogP contribution < -0.4 is 4.74 Å². The lowest BCUT2D eigenvalue weighted by atomic mass is 9.97. The summed E-state index contributed by atoms with van der Waals surface area (Å²) in [6.07, 6.45) is 0. The summed E-state index contributed by atoms with van der Waals surface area (Å²) in [7, 11) is 0. The highest BCUT2D eigenvalue weighted by atomic mass is 16.5. The number of fused-ring (bicyclic) bond motifs is 1. The molecule has 0 amide bonds. The Morgan fingerprint density at radius 1 is 0.857 bits per heavy atom. The van der Waals surface area contributed by atoms with E-state index in [1.807, 2.05) is 73.7 Å². The van der Waals surface area contributed by atoms with Crippen molar-refractivity contribution in [2.24, 2.45) is 0 Å². The van der Waals surface area contributed by atoms with Gasteiger partial charge in [-0.3, -0.25) is 4.79 Å². The standard InChI is InChI=1S/C19H16O2/c1-2-21-18-13-6-5-11-17(18)19(20)16-12-7-9-14-8-3-4-10-15(14)16/h3-13H,2H2,1H3. The number of carbonyl (C=O) groups excluding carboxylic acids is 1. The first kappa shape index (κ1) is 13.4. The predicted octanol–water partition coefficient (Wildman–Crippen LogP) is 4.47. The highest BCUT2D eigenvalue weighted by Gasteiger charge is 2.16. The van der Waals surface area contributed by atoms with Gasteiger partial charge in [0.2, 0.25) is 0 Å². The Morgan fingerprint density at radius 3 is 2.38 bits per heavy atom. The average molecular weight is 276 g/mol. The molecule has 0 saturated carbocycles. The van der Waals surface area contributed by atoms with Gasteiger partial charge in [0, 0.05) is 5.56 Å². The lowest BCUT2D eigenvalue weighted by molar-refractivity contribution is 0.103. The molecule has 0 aliphatic heterocycles. The van der Waals surface area contributed by atoms with E-state index >= 15 is 0 Å². The molecule has 0 atom stereocenters. The second kappa shape index (κ2) is 5.80. The normalized spacial score (nSPS) is 10.5. The van der Waals surface area contributed by atoms with Gasteiger partial charge in [-0.15, -0.1) is 0 Å². The average Bonchev–Trinajstić information content (AvgIpc) is 2.54. The number of ketones is 1. The van der Waals surface area contributed by atoms with Crippen LogP contribution in [0.1, 0.15) is 22.8 Å². The van der Waals surface area contributed by atoms with Gasteiger partial charge in [-0.25, -0.2) is 0 Å². The van der Waals surface area contributed by atoms with E-state index in [1.54, 1.807) is 0 Å². The molecule has 0 heterocycles. The second-order valence-electron chi connectivity index (χ2n) is 4.79. The van der Waals surface area contributed by atoms with Crippen LogP contribution in [0.5, 0.6) is 5.75 Å². The highest BCUT2D eigenvalue weighted by molar-refractivity contribution is 6.17. The Labute approximate surface area is 124 Å². The zero-order chi connectivity index (χ0) is 14.7. The number of ether oxygens (including phenoxy) is 1. The van der Waals surface area contributed by atoms with Crippen molar-refractivity contribution < 1.29 is 9.53 Å². The van der Waals surface area contributed by atoms with E-state index in [0.29, 0.717) is 23.5 Å². The predicted molar refractivity (Wildman–Crippen MR) is 85.0 cm³/mol. The van der Waals surface area contributed by atoms with Crippen molar-refractivity contribution in [3.63, 3.8) is 0 Å². The first-order valence-corrected chi connectivity index (χ1v) is 7.05. The lowest BCUT2D eigenvalue weighted by Gasteiger charge is -2.10. The van der Waals surface area contributed by atoms with Gasteiger partial charge in [-0.1, -0.05) is 54.6 Å². The van der Waals surface area contributed by atoms with Gasteiger partial charge in [0.05, 0.1) is 12.2 Å². The Balaban J connectivity index is 2.13. The number of carbonyl (C=O) groups is 1. The Hall–Kier alpha value is -2.61. The van der Waals surface area contributed by atoms with E-state index in [-0.39, 0.29) is 5.78 Å². The molecule has 0 fully saturated rings. The Morgan fingerprint density at radius 2 is 1.52 bits per heavy atom. The summed E-state index contributed by atoms with van der Waals surface area (Å²) in [5.41, 5.74) is 1.32. The second-order valence-corrected chi connectivity index (χ2v) is 4.79. The summed E-state index contributed by atoms with van der Waals surface area (Å²) in [5, 5.41) is 2.04. The summed E-state index contributed by atoms with van der Waals surface area (Å²) in [5.74, 6) is 0.633. The first-order valence-electron chi connectivity index (χ1n) is 7.05. The van der Waals surface area contributed by atoms with Crippen molar-refractivity contribution in [1.29, 1.82) is 0 Å². The minimum absolute atomic E-state index is 0.00384. The van der Waals surface area contributed by atoms with Crippen LogP contribution in [0.2, 0.25) is 0 Å². The topological polar surface area (TPSA) is 26.3 Å². The van der Waals surface area contributed by atoms with Crippen LogP contribution in [0.4, 0.5) is 0 Å². The first-order chi connectivity index (χ1) is 10.3. The fourth-order valence-corrected chi connectivity index (χ4v) is 2.50. The smallest absolute Gasteiger partial charge is 0.197 e. The summed E-state index contributed by atoms with van der Waals surface area (Å²) < 4.78 is 5.57.